The van der Waals surface area contributed by atoms with E-state index in [9.17, 15) is 4.79 Å². The first-order chi connectivity index (χ1) is 8.85. The van der Waals surface area contributed by atoms with Gasteiger partial charge in [0.05, 0.1) is 10.6 Å². The van der Waals surface area contributed by atoms with Gasteiger partial charge in [0.1, 0.15) is 0 Å². The Kier molecular flexibility index (Phi) is 5.17. The molecule has 0 saturated carbocycles. The van der Waals surface area contributed by atoms with Crippen LogP contribution in [-0.4, -0.2) is 24.4 Å². The Labute approximate surface area is 113 Å². The van der Waals surface area contributed by atoms with E-state index in [2.05, 4.69) is 16.8 Å². The second-order valence-electron chi connectivity index (χ2n) is 4.93. The lowest BCUT2D eigenvalue weighted by Crippen LogP contribution is -2.26. The van der Waals surface area contributed by atoms with Crippen LogP contribution < -0.4 is 4.90 Å². The van der Waals surface area contributed by atoms with E-state index in [4.69, 9.17) is 0 Å². The first-order valence-corrected chi connectivity index (χ1v) is 7.86. The summed E-state index contributed by atoms with van der Waals surface area (Å²) in [7, 11) is 0. The van der Waals surface area contributed by atoms with Crippen LogP contribution in [0.3, 0.4) is 0 Å². The van der Waals surface area contributed by atoms with Crippen LogP contribution >= 0.6 is 11.3 Å². The van der Waals surface area contributed by atoms with Crippen LogP contribution in [0.25, 0.3) is 0 Å². The van der Waals surface area contributed by atoms with Gasteiger partial charge in [0, 0.05) is 13.1 Å². The average Bonchev–Trinajstić information content (AvgIpc) is 2.72. The number of anilines is 1. The molecule has 0 spiro atoms. The van der Waals surface area contributed by atoms with Crippen LogP contribution in [-0.2, 0) is 6.42 Å². The Morgan fingerprint density at radius 1 is 1.22 bits per heavy atom. The zero-order valence-electron chi connectivity index (χ0n) is 11.2. The molecule has 0 bridgehead atoms. The standard InChI is InChI=1S/C14H22N2OS/c1-2-8-12-13(11-17)18-14(15-12)16-9-6-4-3-5-7-10-16/h11H,2-10H2,1H3. The van der Waals surface area contributed by atoms with Gasteiger partial charge in [-0.2, -0.15) is 0 Å². The number of hydrogen-bond acceptors (Lipinski definition) is 4. The molecule has 0 radical (unpaired) electrons. The van der Waals surface area contributed by atoms with Crippen molar-refractivity contribution in [2.75, 3.05) is 18.0 Å². The Hall–Kier alpha value is -0.900. The number of carbonyl (C=O) groups is 1. The fourth-order valence-electron chi connectivity index (χ4n) is 2.43. The molecule has 2 rings (SSSR count). The van der Waals surface area contributed by atoms with Crippen molar-refractivity contribution in [1.82, 2.24) is 4.98 Å². The predicted molar refractivity (Wildman–Crippen MR) is 76.8 cm³/mol. The van der Waals surface area contributed by atoms with E-state index < -0.39 is 0 Å². The van der Waals surface area contributed by atoms with Crippen LogP contribution in [0.2, 0.25) is 0 Å². The molecule has 1 aromatic rings. The summed E-state index contributed by atoms with van der Waals surface area (Å²) in [6.07, 6.45) is 9.44. The summed E-state index contributed by atoms with van der Waals surface area (Å²) >= 11 is 1.57. The molecule has 0 aromatic carbocycles. The molecule has 0 atom stereocenters. The number of aryl methyl sites for hydroxylation is 1. The highest BCUT2D eigenvalue weighted by molar-refractivity contribution is 7.17. The van der Waals surface area contributed by atoms with Gasteiger partial charge in [-0.05, 0) is 19.3 Å². The maximum Gasteiger partial charge on any atom is 0.186 e. The molecule has 2 heterocycles. The molecule has 1 aliphatic heterocycles. The van der Waals surface area contributed by atoms with Crippen LogP contribution in [0.15, 0.2) is 0 Å². The van der Waals surface area contributed by atoms with Crippen molar-refractivity contribution < 1.29 is 4.79 Å². The van der Waals surface area contributed by atoms with Crippen molar-refractivity contribution in [1.29, 1.82) is 0 Å². The Morgan fingerprint density at radius 3 is 2.50 bits per heavy atom. The molecule has 0 aliphatic carbocycles. The van der Waals surface area contributed by atoms with Gasteiger partial charge in [-0.15, -0.1) is 0 Å². The Morgan fingerprint density at radius 2 is 1.89 bits per heavy atom. The van der Waals surface area contributed by atoms with Crippen LogP contribution in [0.1, 0.15) is 60.8 Å². The van der Waals surface area contributed by atoms with E-state index in [-0.39, 0.29) is 0 Å². The number of nitrogens with zero attached hydrogens (tertiary/aromatic N) is 2. The van der Waals surface area contributed by atoms with Crippen molar-refractivity contribution in [3.63, 3.8) is 0 Å². The minimum Gasteiger partial charge on any atom is -0.348 e. The third-order valence-corrected chi connectivity index (χ3v) is 4.52. The van der Waals surface area contributed by atoms with Crippen molar-refractivity contribution in [3.8, 4) is 0 Å². The van der Waals surface area contributed by atoms with Gasteiger partial charge in [-0.1, -0.05) is 43.9 Å². The number of hydrogen-bond donors (Lipinski definition) is 0. The maximum absolute atomic E-state index is 11.1. The summed E-state index contributed by atoms with van der Waals surface area (Å²) in [5, 5.41) is 1.06. The molecule has 1 saturated heterocycles. The molecule has 0 unspecified atom stereocenters. The quantitative estimate of drug-likeness (QED) is 0.779. The average molecular weight is 266 g/mol. The molecule has 100 valence electrons. The molecule has 1 fully saturated rings. The van der Waals surface area contributed by atoms with Gasteiger partial charge in [-0.3, -0.25) is 4.79 Å². The molecular weight excluding hydrogens is 244 g/mol. The zero-order chi connectivity index (χ0) is 12.8. The van der Waals surface area contributed by atoms with Crippen molar-refractivity contribution in [2.45, 2.75) is 51.9 Å². The molecular formula is C14H22N2OS. The van der Waals surface area contributed by atoms with Gasteiger partial charge < -0.3 is 4.90 Å². The summed E-state index contributed by atoms with van der Waals surface area (Å²) in [4.78, 5) is 19.0. The Bertz CT molecular complexity index is 381. The van der Waals surface area contributed by atoms with Gasteiger partial charge in [0.25, 0.3) is 0 Å². The van der Waals surface area contributed by atoms with Gasteiger partial charge in [0.2, 0.25) is 0 Å². The maximum atomic E-state index is 11.1. The van der Waals surface area contributed by atoms with E-state index in [1.165, 1.54) is 32.1 Å². The van der Waals surface area contributed by atoms with E-state index >= 15 is 0 Å². The highest BCUT2D eigenvalue weighted by Gasteiger charge is 2.16. The molecule has 18 heavy (non-hydrogen) atoms. The highest BCUT2D eigenvalue weighted by atomic mass is 32.1. The highest BCUT2D eigenvalue weighted by Crippen LogP contribution is 2.27. The van der Waals surface area contributed by atoms with Gasteiger partial charge in [0.15, 0.2) is 11.4 Å². The normalized spacial score (nSPS) is 17.3. The fraction of sp³-hybridized carbons (Fsp3) is 0.714. The first kappa shape index (κ1) is 13.5. The summed E-state index contributed by atoms with van der Waals surface area (Å²) in [5.41, 5.74) is 0.995. The largest absolute Gasteiger partial charge is 0.348 e. The minimum atomic E-state index is 0.828. The van der Waals surface area contributed by atoms with Crippen molar-refractivity contribution in [3.05, 3.63) is 10.6 Å². The zero-order valence-corrected chi connectivity index (χ0v) is 12.0. The number of thiazole rings is 1. The summed E-state index contributed by atoms with van der Waals surface area (Å²) in [6, 6.07) is 0. The second-order valence-corrected chi connectivity index (χ2v) is 5.94. The van der Waals surface area contributed by atoms with E-state index in [1.807, 2.05) is 0 Å². The van der Waals surface area contributed by atoms with Crippen LogP contribution in [0.4, 0.5) is 5.13 Å². The molecule has 3 nitrogen and oxygen atoms in total. The number of rotatable bonds is 4. The minimum absolute atomic E-state index is 0.828. The lowest BCUT2D eigenvalue weighted by Gasteiger charge is -2.23. The topological polar surface area (TPSA) is 33.2 Å². The summed E-state index contributed by atoms with van der Waals surface area (Å²) in [5.74, 6) is 0. The third kappa shape index (κ3) is 3.31. The molecule has 1 aliphatic rings. The van der Waals surface area contributed by atoms with Crippen molar-refractivity contribution in [2.24, 2.45) is 0 Å². The third-order valence-electron chi connectivity index (χ3n) is 3.44. The summed E-state index contributed by atoms with van der Waals surface area (Å²) in [6.45, 7) is 4.32. The lowest BCUT2D eigenvalue weighted by atomic mass is 10.1. The monoisotopic (exact) mass is 266 g/mol. The second kappa shape index (κ2) is 6.88. The molecule has 0 amide bonds. The number of aromatic nitrogens is 1. The molecule has 0 N–H and O–H groups in total. The number of aldehydes is 1. The van der Waals surface area contributed by atoms with Gasteiger partial charge in [-0.25, -0.2) is 4.98 Å². The van der Waals surface area contributed by atoms with E-state index in [0.717, 1.165) is 47.9 Å². The van der Waals surface area contributed by atoms with E-state index in [1.54, 1.807) is 11.3 Å². The summed E-state index contributed by atoms with van der Waals surface area (Å²) < 4.78 is 0. The number of carbonyl (C=O) groups excluding carboxylic acids is 1. The van der Waals surface area contributed by atoms with Crippen LogP contribution in [0.5, 0.6) is 0 Å². The fourth-order valence-corrected chi connectivity index (χ4v) is 3.41. The SMILES string of the molecule is CCCc1nc(N2CCCCCCC2)sc1C=O. The smallest absolute Gasteiger partial charge is 0.186 e. The van der Waals surface area contributed by atoms with E-state index in [0.29, 0.717) is 0 Å². The van der Waals surface area contributed by atoms with Crippen LogP contribution in [0, 0.1) is 0 Å². The predicted octanol–water partition coefficient (Wildman–Crippen LogP) is 3.68. The molecule has 4 heteroatoms. The first-order valence-electron chi connectivity index (χ1n) is 7.05. The lowest BCUT2D eigenvalue weighted by molar-refractivity contribution is 0.112. The molecule has 1 aromatic heterocycles. The Balaban J connectivity index is 2.12. The van der Waals surface area contributed by atoms with Crippen molar-refractivity contribution >= 4 is 22.8 Å². The van der Waals surface area contributed by atoms with Gasteiger partial charge >= 0.3 is 0 Å².